The molecule has 31 heavy (non-hydrogen) atoms. The molecule has 1 saturated heterocycles. The zero-order valence-electron chi connectivity index (χ0n) is 18.2. The molecule has 3 atom stereocenters. The quantitative estimate of drug-likeness (QED) is 0.752. The van der Waals surface area contributed by atoms with Crippen molar-refractivity contribution in [2.24, 2.45) is 0 Å². The summed E-state index contributed by atoms with van der Waals surface area (Å²) < 4.78 is 18.5. The molecule has 166 valence electrons. The Hall–Kier alpha value is -2.73. The predicted molar refractivity (Wildman–Crippen MR) is 118 cm³/mol. The second-order valence-electron chi connectivity index (χ2n) is 8.09. The van der Waals surface area contributed by atoms with Crippen molar-refractivity contribution in [3.05, 3.63) is 71.0 Å². The van der Waals surface area contributed by atoms with Gasteiger partial charge in [-0.05, 0) is 55.0 Å². The maximum atomic E-state index is 13.0. The van der Waals surface area contributed by atoms with Gasteiger partial charge in [-0.15, -0.1) is 0 Å². The summed E-state index contributed by atoms with van der Waals surface area (Å²) in [4.78, 5) is 24.0. The van der Waals surface area contributed by atoms with Crippen molar-refractivity contribution in [2.75, 3.05) is 13.2 Å². The van der Waals surface area contributed by atoms with Crippen molar-refractivity contribution in [3.8, 4) is 0 Å². The molecule has 0 radical (unpaired) electrons. The van der Waals surface area contributed by atoms with Gasteiger partial charge < -0.3 is 15.0 Å². The minimum atomic E-state index is -0.259. The summed E-state index contributed by atoms with van der Waals surface area (Å²) in [5.74, 6) is -0.136. The molecule has 2 aromatic rings. The van der Waals surface area contributed by atoms with E-state index in [0.29, 0.717) is 25.7 Å². The third-order valence-electron chi connectivity index (χ3n) is 5.83. The Labute approximate surface area is 183 Å². The van der Waals surface area contributed by atoms with E-state index in [1.165, 1.54) is 17.7 Å². The first kappa shape index (κ1) is 22.9. The van der Waals surface area contributed by atoms with Crippen LogP contribution in [0.1, 0.15) is 55.8 Å². The Balaban J connectivity index is 0.000000196. The highest BCUT2D eigenvalue weighted by molar-refractivity contribution is 5.75. The molecule has 1 fully saturated rings. The van der Waals surface area contributed by atoms with Gasteiger partial charge in [0.05, 0.1) is 24.8 Å². The predicted octanol–water partition coefficient (Wildman–Crippen LogP) is 4.01. The van der Waals surface area contributed by atoms with E-state index >= 15 is 0 Å². The standard InChI is InChI=1S/C16H14FNO.C9H17NO2/c17-14-7-5-13(6-8-14)16-15-4-2-1-3-12(15)9-10-18(16)11-19;1-3-9(11)10-8-5-4-7(2)12-6-8/h1-8,11,16H,9-10H2;7-8H,3-6H2,1-2H3,(H,10,11)/t16-;7-,8?/m00/s1. The lowest BCUT2D eigenvalue weighted by Crippen LogP contribution is -2.42. The first-order valence-corrected chi connectivity index (χ1v) is 11.0. The number of carbonyl (C=O) groups is 2. The Morgan fingerprint density at radius 1 is 1.19 bits per heavy atom. The number of hydrogen-bond donors (Lipinski definition) is 1. The fourth-order valence-electron chi connectivity index (χ4n) is 4.04. The Bertz CT molecular complexity index is 863. The number of nitrogens with zero attached hydrogens (tertiary/aromatic N) is 1. The highest BCUT2D eigenvalue weighted by Gasteiger charge is 2.27. The number of rotatable bonds is 4. The molecule has 5 nitrogen and oxygen atoms in total. The lowest BCUT2D eigenvalue weighted by atomic mass is 9.88. The minimum absolute atomic E-state index is 0.108. The van der Waals surface area contributed by atoms with E-state index < -0.39 is 0 Å². The largest absolute Gasteiger partial charge is 0.376 e. The van der Waals surface area contributed by atoms with Gasteiger partial charge in [-0.2, -0.15) is 0 Å². The van der Waals surface area contributed by atoms with Crippen LogP contribution in [0.4, 0.5) is 4.39 Å². The number of fused-ring (bicyclic) bond motifs is 1. The first-order valence-electron chi connectivity index (χ1n) is 11.0. The normalized spacial score (nSPS) is 22.5. The lowest BCUT2D eigenvalue weighted by molar-refractivity contribution is -0.123. The van der Waals surface area contributed by atoms with Crippen LogP contribution < -0.4 is 5.32 Å². The summed E-state index contributed by atoms with van der Waals surface area (Å²) in [6.07, 6.45) is 4.77. The zero-order valence-corrected chi connectivity index (χ0v) is 18.2. The summed E-state index contributed by atoms with van der Waals surface area (Å²) in [5, 5.41) is 2.93. The average Bonchev–Trinajstić information content (AvgIpc) is 2.81. The molecule has 0 bridgehead atoms. The maximum Gasteiger partial charge on any atom is 0.220 e. The van der Waals surface area contributed by atoms with Crippen LogP contribution in [0.15, 0.2) is 48.5 Å². The van der Waals surface area contributed by atoms with Crippen LogP contribution in [0.3, 0.4) is 0 Å². The fourth-order valence-corrected chi connectivity index (χ4v) is 4.04. The van der Waals surface area contributed by atoms with Crippen molar-refractivity contribution in [3.63, 3.8) is 0 Å². The SMILES string of the molecule is CCC(=O)NC1CC[C@H](C)OC1.O=CN1CCc2ccccc2[C@@H]1c1ccc(F)cc1. The molecule has 0 aliphatic carbocycles. The molecule has 1 N–H and O–H groups in total. The Morgan fingerprint density at radius 2 is 1.94 bits per heavy atom. The van der Waals surface area contributed by atoms with E-state index in [2.05, 4.69) is 18.3 Å². The fraction of sp³-hybridized carbons (Fsp3) is 0.440. The second-order valence-corrected chi connectivity index (χ2v) is 8.09. The van der Waals surface area contributed by atoms with Gasteiger partial charge in [0.2, 0.25) is 12.3 Å². The summed E-state index contributed by atoms with van der Waals surface area (Å²) >= 11 is 0. The van der Waals surface area contributed by atoms with Gasteiger partial charge in [-0.1, -0.05) is 43.3 Å². The number of halogens is 1. The van der Waals surface area contributed by atoms with Crippen LogP contribution in [0.25, 0.3) is 0 Å². The van der Waals surface area contributed by atoms with Crippen LogP contribution in [0.2, 0.25) is 0 Å². The average molecular weight is 427 g/mol. The molecule has 2 aliphatic rings. The second kappa shape index (κ2) is 11.0. The van der Waals surface area contributed by atoms with Gasteiger partial charge in [0.25, 0.3) is 0 Å². The molecule has 2 heterocycles. The number of benzene rings is 2. The summed E-state index contributed by atoms with van der Waals surface area (Å²) in [6, 6.07) is 14.6. The van der Waals surface area contributed by atoms with Crippen LogP contribution in [0, 0.1) is 5.82 Å². The number of hydrogen-bond acceptors (Lipinski definition) is 3. The van der Waals surface area contributed by atoms with E-state index in [1.807, 2.05) is 25.1 Å². The minimum Gasteiger partial charge on any atom is -0.376 e. The summed E-state index contributed by atoms with van der Waals surface area (Å²) in [7, 11) is 0. The molecule has 0 saturated carbocycles. The van der Waals surface area contributed by atoms with Crippen LogP contribution in [-0.2, 0) is 20.7 Å². The smallest absolute Gasteiger partial charge is 0.220 e. The summed E-state index contributed by atoms with van der Waals surface area (Å²) in [5.41, 5.74) is 3.34. The van der Waals surface area contributed by atoms with E-state index in [1.54, 1.807) is 17.0 Å². The highest BCUT2D eigenvalue weighted by Crippen LogP contribution is 2.34. The van der Waals surface area contributed by atoms with Gasteiger partial charge in [0.15, 0.2) is 0 Å². The molecular formula is C25H31FN2O3. The first-order chi connectivity index (χ1) is 15.0. The van der Waals surface area contributed by atoms with Gasteiger partial charge >= 0.3 is 0 Å². The molecule has 2 aromatic carbocycles. The number of amides is 2. The highest BCUT2D eigenvalue weighted by atomic mass is 19.1. The molecule has 4 rings (SSSR count). The Kier molecular flexibility index (Phi) is 8.18. The monoisotopic (exact) mass is 426 g/mol. The van der Waals surface area contributed by atoms with Crippen molar-refractivity contribution in [1.29, 1.82) is 0 Å². The van der Waals surface area contributed by atoms with E-state index in [4.69, 9.17) is 4.74 Å². The van der Waals surface area contributed by atoms with Gasteiger partial charge in [-0.25, -0.2) is 4.39 Å². The van der Waals surface area contributed by atoms with Crippen LogP contribution in [-0.4, -0.2) is 42.5 Å². The molecule has 2 aliphatic heterocycles. The lowest BCUT2D eigenvalue weighted by Gasteiger charge is -2.35. The maximum absolute atomic E-state index is 13.0. The Morgan fingerprint density at radius 3 is 2.58 bits per heavy atom. The van der Waals surface area contributed by atoms with E-state index in [9.17, 15) is 14.0 Å². The molecule has 6 heteroatoms. The molecule has 0 spiro atoms. The topological polar surface area (TPSA) is 58.6 Å². The zero-order chi connectivity index (χ0) is 22.2. The van der Waals surface area contributed by atoms with E-state index in [-0.39, 0.29) is 23.8 Å². The van der Waals surface area contributed by atoms with Crippen molar-refractivity contribution in [1.82, 2.24) is 10.2 Å². The third-order valence-corrected chi connectivity index (χ3v) is 5.83. The van der Waals surface area contributed by atoms with Crippen LogP contribution >= 0.6 is 0 Å². The summed E-state index contributed by atoms with van der Waals surface area (Å²) in [6.45, 7) is 5.30. The van der Waals surface area contributed by atoms with Gasteiger partial charge in [0.1, 0.15) is 5.82 Å². The number of ether oxygens (including phenoxy) is 1. The molecule has 1 unspecified atom stereocenters. The van der Waals surface area contributed by atoms with Crippen molar-refractivity contribution < 1.29 is 18.7 Å². The van der Waals surface area contributed by atoms with Gasteiger partial charge in [-0.3, -0.25) is 9.59 Å². The van der Waals surface area contributed by atoms with E-state index in [0.717, 1.165) is 36.8 Å². The van der Waals surface area contributed by atoms with Crippen molar-refractivity contribution >= 4 is 12.3 Å². The molecule has 2 amide bonds. The van der Waals surface area contributed by atoms with Crippen molar-refractivity contribution in [2.45, 2.75) is 57.7 Å². The molecular weight excluding hydrogens is 395 g/mol. The van der Waals surface area contributed by atoms with Gasteiger partial charge in [0, 0.05) is 13.0 Å². The number of nitrogens with one attached hydrogen (secondary N) is 1. The molecule has 0 aromatic heterocycles. The number of carbonyl (C=O) groups excluding carboxylic acids is 2. The van der Waals surface area contributed by atoms with Crippen LogP contribution in [0.5, 0.6) is 0 Å². The third kappa shape index (κ3) is 6.14.